The number of ether oxygens (including phenoxy) is 1. The number of nitrogens with one attached hydrogen (secondary N) is 2. The van der Waals surface area contributed by atoms with Crippen LogP contribution in [0.15, 0.2) is 53.4 Å². The van der Waals surface area contributed by atoms with Crippen molar-refractivity contribution in [2.45, 2.75) is 16.6 Å². The SMILES string of the molecule is O=C(C[C@@H]1Sc2ccccc2NC1=O)Nc1ccc(N2CCOCC2)cc1. The molecule has 0 spiro atoms. The van der Waals surface area contributed by atoms with Gasteiger partial charge in [-0.3, -0.25) is 9.59 Å². The van der Waals surface area contributed by atoms with E-state index in [9.17, 15) is 9.59 Å². The van der Waals surface area contributed by atoms with Gasteiger partial charge in [-0.15, -0.1) is 11.8 Å². The Bertz CT molecular complexity index is 835. The number of hydrogen-bond donors (Lipinski definition) is 2. The smallest absolute Gasteiger partial charge is 0.238 e. The van der Waals surface area contributed by atoms with Crippen molar-refractivity contribution in [1.29, 1.82) is 0 Å². The van der Waals surface area contributed by atoms with Gasteiger partial charge in [-0.2, -0.15) is 0 Å². The molecule has 0 aromatic heterocycles. The summed E-state index contributed by atoms with van der Waals surface area (Å²) in [6.45, 7) is 3.23. The number of fused-ring (bicyclic) bond motifs is 1. The standard InChI is InChI=1S/C20H21N3O3S/c24-19(13-18-20(25)22-16-3-1-2-4-17(16)27-18)21-14-5-7-15(8-6-14)23-9-11-26-12-10-23/h1-8,18H,9-13H2,(H,21,24)(H,22,25)/t18-/m0/s1. The molecule has 1 fully saturated rings. The van der Waals surface area contributed by atoms with Gasteiger partial charge in [-0.25, -0.2) is 0 Å². The maximum absolute atomic E-state index is 12.4. The number of para-hydroxylation sites is 1. The second-order valence-corrected chi connectivity index (χ2v) is 7.74. The normalized spacial score (nSPS) is 19.2. The van der Waals surface area contributed by atoms with Gasteiger partial charge in [-0.05, 0) is 36.4 Å². The number of hydrogen-bond acceptors (Lipinski definition) is 5. The molecule has 0 saturated carbocycles. The second-order valence-electron chi connectivity index (χ2n) is 6.49. The second kappa shape index (κ2) is 8.02. The number of nitrogens with zero attached hydrogens (tertiary/aromatic N) is 1. The lowest BCUT2D eigenvalue weighted by molar-refractivity contribution is -0.120. The van der Waals surface area contributed by atoms with Crippen LogP contribution in [0.4, 0.5) is 17.1 Å². The first-order chi connectivity index (χ1) is 13.2. The summed E-state index contributed by atoms with van der Waals surface area (Å²) in [4.78, 5) is 27.9. The van der Waals surface area contributed by atoms with Crippen molar-refractivity contribution in [2.75, 3.05) is 41.8 Å². The number of amides is 2. The van der Waals surface area contributed by atoms with Crippen LogP contribution in [0.25, 0.3) is 0 Å². The molecule has 27 heavy (non-hydrogen) atoms. The average Bonchev–Trinajstić information content (AvgIpc) is 2.70. The Hall–Kier alpha value is -2.51. The Morgan fingerprint density at radius 3 is 2.67 bits per heavy atom. The van der Waals surface area contributed by atoms with E-state index in [0.29, 0.717) is 0 Å². The highest BCUT2D eigenvalue weighted by atomic mass is 32.2. The number of benzene rings is 2. The molecule has 2 heterocycles. The number of rotatable bonds is 4. The summed E-state index contributed by atoms with van der Waals surface area (Å²) < 4.78 is 5.37. The maximum Gasteiger partial charge on any atom is 0.238 e. The monoisotopic (exact) mass is 383 g/mol. The van der Waals surface area contributed by atoms with Crippen LogP contribution in [0.5, 0.6) is 0 Å². The summed E-state index contributed by atoms with van der Waals surface area (Å²) in [5, 5.41) is 5.33. The Morgan fingerprint density at radius 2 is 1.89 bits per heavy atom. The van der Waals surface area contributed by atoms with E-state index in [1.165, 1.54) is 11.8 Å². The van der Waals surface area contributed by atoms with Crippen molar-refractivity contribution in [3.05, 3.63) is 48.5 Å². The first-order valence-corrected chi connectivity index (χ1v) is 9.86. The highest BCUT2D eigenvalue weighted by Gasteiger charge is 2.28. The number of carbonyl (C=O) groups excluding carboxylic acids is 2. The van der Waals surface area contributed by atoms with Crippen molar-refractivity contribution in [2.24, 2.45) is 0 Å². The first-order valence-electron chi connectivity index (χ1n) is 8.98. The van der Waals surface area contributed by atoms with Gasteiger partial charge >= 0.3 is 0 Å². The van der Waals surface area contributed by atoms with Crippen LogP contribution in [0.3, 0.4) is 0 Å². The fourth-order valence-corrected chi connectivity index (χ4v) is 4.29. The predicted octanol–water partition coefficient (Wildman–Crippen LogP) is 2.96. The third kappa shape index (κ3) is 4.26. The first kappa shape index (κ1) is 17.9. The zero-order valence-corrected chi connectivity index (χ0v) is 15.6. The lowest BCUT2D eigenvalue weighted by atomic mass is 10.2. The van der Waals surface area contributed by atoms with Crippen LogP contribution >= 0.6 is 11.8 Å². The average molecular weight is 383 g/mol. The molecule has 2 amide bonds. The molecule has 2 aromatic rings. The van der Waals surface area contributed by atoms with Crippen LogP contribution in [0.2, 0.25) is 0 Å². The molecule has 1 saturated heterocycles. The van der Waals surface area contributed by atoms with Gasteiger partial charge < -0.3 is 20.3 Å². The molecule has 0 aliphatic carbocycles. The minimum absolute atomic E-state index is 0.128. The summed E-state index contributed by atoms with van der Waals surface area (Å²) in [5.41, 5.74) is 2.66. The van der Waals surface area contributed by atoms with E-state index < -0.39 is 5.25 Å². The van der Waals surface area contributed by atoms with E-state index >= 15 is 0 Å². The molecular weight excluding hydrogens is 362 g/mol. The zero-order chi connectivity index (χ0) is 18.6. The molecule has 2 aromatic carbocycles. The Balaban J connectivity index is 1.35. The lowest BCUT2D eigenvalue weighted by Crippen LogP contribution is -2.36. The Morgan fingerprint density at radius 1 is 1.15 bits per heavy atom. The summed E-state index contributed by atoms with van der Waals surface area (Å²) >= 11 is 1.43. The summed E-state index contributed by atoms with van der Waals surface area (Å²) in [5.74, 6) is -0.294. The largest absolute Gasteiger partial charge is 0.378 e. The Labute approximate surface area is 162 Å². The number of thioether (sulfide) groups is 1. The molecule has 0 radical (unpaired) electrons. The molecular formula is C20H21N3O3S. The van der Waals surface area contributed by atoms with Crippen LogP contribution in [0, 0.1) is 0 Å². The minimum atomic E-state index is -0.424. The number of morpholine rings is 1. The molecule has 0 unspecified atom stereocenters. The van der Waals surface area contributed by atoms with Crippen LogP contribution in [-0.4, -0.2) is 43.4 Å². The van der Waals surface area contributed by atoms with Gasteiger partial charge in [0.15, 0.2) is 0 Å². The van der Waals surface area contributed by atoms with Gasteiger partial charge in [0.25, 0.3) is 0 Å². The van der Waals surface area contributed by atoms with E-state index in [0.717, 1.165) is 48.3 Å². The van der Waals surface area contributed by atoms with Crippen LogP contribution in [-0.2, 0) is 14.3 Å². The van der Waals surface area contributed by atoms with E-state index in [-0.39, 0.29) is 18.2 Å². The van der Waals surface area contributed by atoms with Crippen LogP contribution in [0.1, 0.15) is 6.42 Å². The van der Waals surface area contributed by atoms with Gasteiger partial charge in [0.2, 0.25) is 11.8 Å². The van der Waals surface area contributed by atoms with Gasteiger partial charge in [0.1, 0.15) is 0 Å². The van der Waals surface area contributed by atoms with E-state index in [1.54, 1.807) is 0 Å². The van der Waals surface area contributed by atoms with Gasteiger partial charge in [0, 0.05) is 35.8 Å². The van der Waals surface area contributed by atoms with Gasteiger partial charge in [0.05, 0.1) is 24.2 Å². The molecule has 0 bridgehead atoms. The summed E-state index contributed by atoms with van der Waals surface area (Å²) in [6.07, 6.45) is 0.135. The molecule has 2 N–H and O–H groups in total. The van der Waals surface area contributed by atoms with E-state index in [1.807, 2.05) is 48.5 Å². The van der Waals surface area contributed by atoms with Crippen molar-refractivity contribution in [3.8, 4) is 0 Å². The number of carbonyl (C=O) groups is 2. The molecule has 2 aliphatic heterocycles. The highest BCUT2D eigenvalue weighted by molar-refractivity contribution is 8.01. The predicted molar refractivity (Wildman–Crippen MR) is 107 cm³/mol. The fraction of sp³-hybridized carbons (Fsp3) is 0.300. The van der Waals surface area contributed by atoms with Crippen molar-refractivity contribution in [3.63, 3.8) is 0 Å². The topological polar surface area (TPSA) is 70.7 Å². The number of anilines is 3. The van der Waals surface area contributed by atoms with Gasteiger partial charge in [-0.1, -0.05) is 12.1 Å². The third-order valence-electron chi connectivity index (χ3n) is 4.60. The third-order valence-corrected chi connectivity index (χ3v) is 5.88. The maximum atomic E-state index is 12.4. The molecule has 1 atom stereocenters. The lowest BCUT2D eigenvalue weighted by Gasteiger charge is -2.29. The zero-order valence-electron chi connectivity index (χ0n) is 14.8. The van der Waals surface area contributed by atoms with Crippen molar-refractivity contribution < 1.29 is 14.3 Å². The summed E-state index contributed by atoms with van der Waals surface area (Å²) in [7, 11) is 0. The Kier molecular flexibility index (Phi) is 5.31. The molecule has 4 rings (SSSR count). The molecule has 140 valence electrons. The highest BCUT2D eigenvalue weighted by Crippen LogP contribution is 2.36. The van der Waals surface area contributed by atoms with E-state index in [4.69, 9.17) is 4.74 Å². The summed E-state index contributed by atoms with van der Waals surface area (Å²) in [6, 6.07) is 15.4. The van der Waals surface area contributed by atoms with Crippen LogP contribution < -0.4 is 15.5 Å². The molecule has 7 heteroatoms. The minimum Gasteiger partial charge on any atom is -0.378 e. The van der Waals surface area contributed by atoms with Crippen molar-refractivity contribution >= 4 is 40.6 Å². The quantitative estimate of drug-likeness (QED) is 0.849. The van der Waals surface area contributed by atoms with E-state index in [2.05, 4.69) is 15.5 Å². The molecule has 6 nitrogen and oxygen atoms in total. The molecule has 2 aliphatic rings. The van der Waals surface area contributed by atoms with Crippen molar-refractivity contribution in [1.82, 2.24) is 0 Å². The fourth-order valence-electron chi connectivity index (χ4n) is 3.18.